The van der Waals surface area contributed by atoms with E-state index in [0.717, 1.165) is 6.42 Å². The number of imidazole rings is 1. The smallest absolute Gasteiger partial charge is 0.112 e. The van der Waals surface area contributed by atoms with Crippen molar-refractivity contribution >= 4 is 0 Å². The number of rotatable bonds is 0. The summed E-state index contributed by atoms with van der Waals surface area (Å²) in [6, 6.07) is 0.492. The van der Waals surface area contributed by atoms with Gasteiger partial charge in [-0.05, 0) is 6.92 Å². The minimum absolute atomic E-state index is 0.492. The normalized spacial score (nSPS) is 22.7. The molecule has 0 aromatic carbocycles. The summed E-state index contributed by atoms with van der Waals surface area (Å²) in [5.41, 5.74) is 0. The average molecular weight is 134 g/mol. The van der Waals surface area contributed by atoms with Crippen LogP contribution in [0.5, 0.6) is 0 Å². The zero-order chi connectivity index (χ0) is 6.97. The van der Waals surface area contributed by atoms with Crippen molar-refractivity contribution in [2.24, 2.45) is 0 Å². The number of nitrogens with zero attached hydrogens (tertiary/aromatic N) is 2. The minimum atomic E-state index is 0.492. The summed E-state index contributed by atoms with van der Waals surface area (Å²) in [5, 5.41) is 0. The Kier molecular flexibility index (Phi) is 1.13. The first kappa shape index (κ1) is 5.71. The van der Waals surface area contributed by atoms with Crippen molar-refractivity contribution in [3.8, 4) is 0 Å². The summed E-state index contributed by atoms with van der Waals surface area (Å²) in [5.74, 6) is 1.18. The fourth-order valence-corrected chi connectivity index (χ4v) is 1.34. The maximum atomic E-state index is 4.22. The van der Waals surface area contributed by atoms with E-state index < -0.39 is 0 Å². The molecule has 2 heterocycles. The van der Waals surface area contributed by atoms with E-state index in [0.29, 0.717) is 6.04 Å². The highest BCUT2D eigenvalue weighted by atomic mass is 15.1. The topological polar surface area (TPSA) is 17.8 Å². The van der Waals surface area contributed by atoms with Gasteiger partial charge in [0.05, 0.1) is 0 Å². The Morgan fingerprint density at radius 1 is 1.70 bits per heavy atom. The quantitative estimate of drug-likeness (QED) is 0.492. The van der Waals surface area contributed by atoms with E-state index in [1.807, 2.05) is 12.4 Å². The molecule has 1 atom stereocenters. The highest BCUT2D eigenvalue weighted by Gasteiger charge is 2.09. The molecule has 0 saturated heterocycles. The molecular weight excluding hydrogens is 124 g/mol. The van der Waals surface area contributed by atoms with Gasteiger partial charge in [0, 0.05) is 24.9 Å². The Hall–Kier alpha value is -1.05. The molecular formula is C8H10N2. The number of aromatic nitrogens is 2. The minimum Gasteiger partial charge on any atom is -0.328 e. The summed E-state index contributed by atoms with van der Waals surface area (Å²) in [6.45, 7) is 2.17. The predicted octanol–water partition coefficient (Wildman–Crippen LogP) is 1.56. The first-order valence-electron chi connectivity index (χ1n) is 3.56. The van der Waals surface area contributed by atoms with E-state index in [1.54, 1.807) is 0 Å². The van der Waals surface area contributed by atoms with Crippen molar-refractivity contribution in [1.82, 2.24) is 9.55 Å². The molecule has 0 N–H and O–H groups in total. The molecule has 0 bridgehead atoms. The van der Waals surface area contributed by atoms with Gasteiger partial charge in [0.15, 0.2) is 0 Å². The summed E-state index contributed by atoms with van der Waals surface area (Å²) < 4.78 is 2.19. The van der Waals surface area contributed by atoms with Gasteiger partial charge in [0.1, 0.15) is 5.82 Å². The van der Waals surface area contributed by atoms with Crippen molar-refractivity contribution in [3.63, 3.8) is 0 Å². The van der Waals surface area contributed by atoms with Gasteiger partial charge in [-0.25, -0.2) is 4.98 Å². The molecule has 2 nitrogen and oxygen atoms in total. The van der Waals surface area contributed by atoms with Gasteiger partial charge in [-0.1, -0.05) is 12.2 Å². The third kappa shape index (κ3) is 0.685. The van der Waals surface area contributed by atoms with Gasteiger partial charge in [0.25, 0.3) is 0 Å². The number of hydrogen-bond acceptors (Lipinski definition) is 1. The zero-order valence-electron chi connectivity index (χ0n) is 5.99. The van der Waals surface area contributed by atoms with E-state index in [1.165, 1.54) is 5.82 Å². The first-order valence-corrected chi connectivity index (χ1v) is 3.56. The third-order valence-electron chi connectivity index (χ3n) is 1.90. The molecule has 1 aromatic heterocycles. The molecule has 1 aromatic rings. The van der Waals surface area contributed by atoms with Crippen LogP contribution >= 0.6 is 0 Å². The third-order valence-corrected chi connectivity index (χ3v) is 1.90. The largest absolute Gasteiger partial charge is 0.328 e. The van der Waals surface area contributed by atoms with Crippen molar-refractivity contribution in [2.45, 2.75) is 19.4 Å². The standard InChI is InChI=1S/C8H10N2/c1-7-3-2-4-8-9-5-6-10(7)8/h2-3,5-7H,4H2,1H3. The lowest BCUT2D eigenvalue weighted by atomic mass is 10.2. The van der Waals surface area contributed by atoms with E-state index in [2.05, 4.69) is 28.6 Å². The molecule has 52 valence electrons. The molecule has 0 radical (unpaired) electrons. The predicted molar refractivity (Wildman–Crippen MR) is 39.8 cm³/mol. The SMILES string of the molecule is CC1C=CCc2nccn21. The fraction of sp³-hybridized carbons (Fsp3) is 0.375. The lowest BCUT2D eigenvalue weighted by molar-refractivity contribution is 0.610. The monoisotopic (exact) mass is 134 g/mol. The highest BCUT2D eigenvalue weighted by Crippen LogP contribution is 2.15. The van der Waals surface area contributed by atoms with E-state index in [-0.39, 0.29) is 0 Å². The molecule has 0 saturated carbocycles. The van der Waals surface area contributed by atoms with Crippen LogP contribution in [-0.2, 0) is 6.42 Å². The Bertz CT molecular complexity index is 260. The molecule has 2 heteroatoms. The molecule has 1 aliphatic heterocycles. The zero-order valence-corrected chi connectivity index (χ0v) is 5.99. The van der Waals surface area contributed by atoms with Gasteiger partial charge in [-0.2, -0.15) is 0 Å². The fourth-order valence-electron chi connectivity index (χ4n) is 1.34. The van der Waals surface area contributed by atoms with E-state index in [9.17, 15) is 0 Å². The lowest BCUT2D eigenvalue weighted by Gasteiger charge is -2.15. The number of fused-ring (bicyclic) bond motifs is 1. The van der Waals surface area contributed by atoms with Crippen LogP contribution in [0.15, 0.2) is 24.5 Å². The Morgan fingerprint density at radius 2 is 2.60 bits per heavy atom. The van der Waals surface area contributed by atoms with Crippen LogP contribution in [0.3, 0.4) is 0 Å². The summed E-state index contributed by atoms with van der Waals surface area (Å²) in [7, 11) is 0. The lowest BCUT2D eigenvalue weighted by Crippen LogP contribution is -2.09. The van der Waals surface area contributed by atoms with Crippen LogP contribution in [0, 0.1) is 0 Å². The summed E-state index contributed by atoms with van der Waals surface area (Å²) in [6.07, 6.45) is 9.25. The summed E-state index contributed by atoms with van der Waals surface area (Å²) >= 11 is 0. The molecule has 1 aliphatic rings. The van der Waals surface area contributed by atoms with Crippen molar-refractivity contribution in [3.05, 3.63) is 30.4 Å². The van der Waals surface area contributed by atoms with Gasteiger partial charge in [-0.3, -0.25) is 0 Å². The van der Waals surface area contributed by atoms with Crippen molar-refractivity contribution < 1.29 is 0 Å². The first-order chi connectivity index (χ1) is 4.88. The van der Waals surface area contributed by atoms with Crippen LogP contribution in [-0.4, -0.2) is 9.55 Å². The Labute approximate surface area is 60.2 Å². The van der Waals surface area contributed by atoms with Crippen LogP contribution in [0.1, 0.15) is 18.8 Å². The second-order valence-corrected chi connectivity index (χ2v) is 2.62. The maximum Gasteiger partial charge on any atom is 0.112 e. The van der Waals surface area contributed by atoms with Crippen LogP contribution in [0.4, 0.5) is 0 Å². The Balaban J connectivity index is 2.48. The molecule has 0 fully saturated rings. The molecule has 2 rings (SSSR count). The van der Waals surface area contributed by atoms with Gasteiger partial charge in [-0.15, -0.1) is 0 Å². The average Bonchev–Trinajstić information content (AvgIpc) is 2.36. The van der Waals surface area contributed by atoms with Crippen LogP contribution in [0.25, 0.3) is 0 Å². The van der Waals surface area contributed by atoms with Gasteiger partial charge >= 0.3 is 0 Å². The highest BCUT2D eigenvalue weighted by molar-refractivity contribution is 5.09. The number of hydrogen-bond donors (Lipinski definition) is 0. The van der Waals surface area contributed by atoms with Gasteiger partial charge in [0.2, 0.25) is 0 Å². The van der Waals surface area contributed by atoms with Crippen LogP contribution in [0.2, 0.25) is 0 Å². The molecule has 1 unspecified atom stereocenters. The second-order valence-electron chi connectivity index (χ2n) is 2.62. The maximum absolute atomic E-state index is 4.22. The molecule has 0 amide bonds. The van der Waals surface area contributed by atoms with Crippen LogP contribution < -0.4 is 0 Å². The molecule has 10 heavy (non-hydrogen) atoms. The van der Waals surface area contributed by atoms with Crippen molar-refractivity contribution in [1.29, 1.82) is 0 Å². The Morgan fingerprint density at radius 3 is 3.40 bits per heavy atom. The second kappa shape index (κ2) is 1.97. The van der Waals surface area contributed by atoms with Crippen molar-refractivity contribution in [2.75, 3.05) is 0 Å². The van der Waals surface area contributed by atoms with E-state index >= 15 is 0 Å². The molecule has 0 aliphatic carbocycles. The summed E-state index contributed by atoms with van der Waals surface area (Å²) in [4.78, 5) is 4.22. The molecule has 0 spiro atoms. The number of allylic oxidation sites excluding steroid dienone is 2. The van der Waals surface area contributed by atoms with E-state index in [4.69, 9.17) is 0 Å². The van der Waals surface area contributed by atoms with Gasteiger partial charge < -0.3 is 4.57 Å².